The number of pyridine rings is 1. The van der Waals surface area contributed by atoms with Gasteiger partial charge in [-0.3, -0.25) is 5.10 Å². The number of aromatic amines is 1. The molecule has 3 aromatic rings. The summed E-state index contributed by atoms with van der Waals surface area (Å²) in [4.78, 5) is 3.70. The lowest BCUT2D eigenvalue weighted by molar-refractivity contribution is 0.575. The lowest BCUT2D eigenvalue weighted by atomic mass is 10.1. The second-order valence-electron chi connectivity index (χ2n) is 4.95. The molecule has 0 aliphatic heterocycles. The van der Waals surface area contributed by atoms with Crippen molar-refractivity contribution >= 4 is 17.3 Å². The highest BCUT2D eigenvalue weighted by atomic mass is 35.5. The number of H-pyrrole nitrogens is 1. The fraction of sp³-hybridized carbons (Fsp3) is 0.125. The molecule has 0 amide bonds. The van der Waals surface area contributed by atoms with E-state index in [4.69, 9.17) is 11.6 Å². The number of rotatable bonds is 4. The second-order valence-corrected chi connectivity index (χ2v) is 5.39. The van der Waals surface area contributed by atoms with Gasteiger partial charge < -0.3 is 5.32 Å². The summed E-state index contributed by atoms with van der Waals surface area (Å²) >= 11 is 5.90. The molecule has 0 saturated heterocycles. The van der Waals surface area contributed by atoms with Gasteiger partial charge in [0.25, 0.3) is 0 Å². The summed E-state index contributed by atoms with van der Waals surface area (Å²) in [6, 6.07) is 9.23. The van der Waals surface area contributed by atoms with Crippen molar-refractivity contribution in [3.05, 3.63) is 64.8 Å². The molecule has 0 saturated carbocycles. The van der Waals surface area contributed by atoms with Crippen molar-refractivity contribution in [3.8, 4) is 11.3 Å². The molecule has 1 aromatic carbocycles. The SMILES string of the molecule is Cc1cc(NCc2c[nH]nc2-c2ccc(Cl)cc2)cnc1F. The van der Waals surface area contributed by atoms with E-state index in [0.717, 1.165) is 22.5 Å². The summed E-state index contributed by atoms with van der Waals surface area (Å²) in [6.07, 6.45) is 3.31. The zero-order chi connectivity index (χ0) is 15.5. The number of aromatic nitrogens is 3. The van der Waals surface area contributed by atoms with Crippen molar-refractivity contribution in [1.82, 2.24) is 15.2 Å². The van der Waals surface area contributed by atoms with Crippen LogP contribution >= 0.6 is 11.6 Å². The van der Waals surface area contributed by atoms with Crippen molar-refractivity contribution in [2.24, 2.45) is 0 Å². The van der Waals surface area contributed by atoms with Gasteiger partial charge in [-0.25, -0.2) is 4.98 Å². The van der Waals surface area contributed by atoms with Gasteiger partial charge in [0.1, 0.15) is 0 Å². The molecular weight excluding hydrogens is 303 g/mol. The zero-order valence-electron chi connectivity index (χ0n) is 11.9. The van der Waals surface area contributed by atoms with E-state index in [2.05, 4.69) is 20.5 Å². The van der Waals surface area contributed by atoms with E-state index in [-0.39, 0.29) is 0 Å². The summed E-state index contributed by atoms with van der Waals surface area (Å²) < 4.78 is 13.2. The predicted octanol–water partition coefficient (Wildman–Crippen LogP) is 4.18. The van der Waals surface area contributed by atoms with Crippen LogP contribution in [0, 0.1) is 12.9 Å². The topological polar surface area (TPSA) is 53.6 Å². The monoisotopic (exact) mass is 316 g/mol. The smallest absolute Gasteiger partial charge is 0.215 e. The van der Waals surface area contributed by atoms with Crippen LogP contribution in [-0.4, -0.2) is 15.2 Å². The highest BCUT2D eigenvalue weighted by Crippen LogP contribution is 2.23. The minimum absolute atomic E-state index is 0.448. The standard InChI is InChI=1S/C16H14ClFN4/c1-10-6-14(9-20-16(10)18)19-7-12-8-21-22-15(12)11-2-4-13(17)5-3-11/h2-6,8-9,19H,7H2,1H3,(H,21,22). The molecular formula is C16H14ClFN4. The van der Waals surface area contributed by atoms with E-state index in [9.17, 15) is 4.39 Å². The molecule has 3 rings (SSSR count). The van der Waals surface area contributed by atoms with Crippen LogP contribution in [0.2, 0.25) is 5.02 Å². The predicted molar refractivity (Wildman–Crippen MR) is 85.3 cm³/mol. The zero-order valence-corrected chi connectivity index (χ0v) is 12.7. The third-order valence-corrected chi connectivity index (χ3v) is 3.59. The van der Waals surface area contributed by atoms with Crippen molar-refractivity contribution < 1.29 is 4.39 Å². The lowest BCUT2D eigenvalue weighted by Gasteiger charge is -2.07. The van der Waals surface area contributed by atoms with E-state index in [1.54, 1.807) is 13.0 Å². The maximum absolute atomic E-state index is 13.2. The van der Waals surface area contributed by atoms with Gasteiger partial charge in [0.15, 0.2) is 0 Å². The van der Waals surface area contributed by atoms with Crippen molar-refractivity contribution in [2.45, 2.75) is 13.5 Å². The first kappa shape index (κ1) is 14.5. The normalized spacial score (nSPS) is 10.7. The summed E-state index contributed by atoms with van der Waals surface area (Å²) in [5.74, 6) is -0.448. The Labute approximate surface area is 132 Å². The van der Waals surface area contributed by atoms with Crippen molar-refractivity contribution in [1.29, 1.82) is 0 Å². The Morgan fingerprint density at radius 3 is 2.77 bits per heavy atom. The van der Waals surface area contributed by atoms with Gasteiger partial charge in [-0.15, -0.1) is 0 Å². The minimum atomic E-state index is -0.448. The van der Waals surface area contributed by atoms with Crippen LogP contribution in [0.5, 0.6) is 0 Å². The van der Waals surface area contributed by atoms with Gasteiger partial charge in [-0.05, 0) is 25.1 Å². The first-order valence-electron chi connectivity index (χ1n) is 6.78. The summed E-state index contributed by atoms with van der Waals surface area (Å²) in [7, 11) is 0. The molecule has 2 aromatic heterocycles. The summed E-state index contributed by atoms with van der Waals surface area (Å²) in [5.41, 5.74) is 4.12. The minimum Gasteiger partial charge on any atom is -0.380 e. The van der Waals surface area contributed by atoms with Crippen LogP contribution in [0.3, 0.4) is 0 Å². The molecule has 6 heteroatoms. The van der Waals surface area contributed by atoms with Crippen LogP contribution in [0.15, 0.2) is 42.7 Å². The Morgan fingerprint density at radius 2 is 2.05 bits per heavy atom. The molecule has 0 radical (unpaired) electrons. The Balaban J connectivity index is 1.77. The Kier molecular flexibility index (Phi) is 4.06. The number of nitrogens with zero attached hydrogens (tertiary/aromatic N) is 2. The fourth-order valence-electron chi connectivity index (χ4n) is 2.16. The Bertz CT molecular complexity index is 783. The molecule has 0 bridgehead atoms. The first-order valence-corrected chi connectivity index (χ1v) is 7.16. The third-order valence-electron chi connectivity index (χ3n) is 3.33. The number of benzene rings is 1. The fourth-order valence-corrected chi connectivity index (χ4v) is 2.29. The molecule has 0 spiro atoms. The van der Waals surface area contributed by atoms with Crippen molar-refractivity contribution in [2.75, 3.05) is 5.32 Å². The lowest BCUT2D eigenvalue weighted by Crippen LogP contribution is -2.01. The van der Waals surface area contributed by atoms with Gasteiger partial charge in [0.2, 0.25) is 5.95 Å². The van der Waals surface area contributed by atoms with E-state index in [0.29, 0.717) is 17.1 Å². The molecule has 0 atom stereocenters. The molecule has 2 heterocycles. The van der Waals surface area contributed by atoms with Crippen molar-refractivity contribution in [3.63, 3.8) is 0 Å². The van der Waals surface area contributed by atoms with Crippen LogP contribution < -0.4 is 5.32 Å². The quantitative estimate of drug-likeness (QED) is 0.710. The highest BCUT2D eigenvalue weighted by Gasteiger charge is 2.09. The molecule has 0 aliphatic rings. The Hall–Kier alpha value is -2.40. The number of hydrogen-bond donors (Lipinski definition) is 2. The molecule has 2 N–H and O–H groups in total. The van der Waals surface area contributed by atoms with E-state index in [1.165, 1.54) is 6.20 Å². The Morgan fingerprint density at radius 1 is 1.27 bits per heavy atom. The average molecular weight is 317 g/mol. The molecule has 0 fully saturated rings. The summed E-state index contributed by atoms with van der Waals surface area (Å²) in [5, 5.41) is 11.1. The molecule has 0 aliphatic carbocycles. The van der Waals surface area contributed by atoms with E-state index in [1.807, 2.05) is 30.5 Å². The van der Waals surface area contributed by atoms with Crippen LogP contribution in [-0.2, 0) is 6.54 Å². The number of aryl methyl sites for hydroxylation is 1. The molecule has 22 heavy (non-hydrogen) atoms. The third kappa shape index (κ3) is 3.09. The first-order chi connectivity index (χ1) is 10.6. The molecule has 4 nitrogen and oxygen atoms in total. The van der Waals surface area contributed by atoms with Gasteiger partial charge in [-0.2, -0.15) is 9.49 Å². The van der Waals surface area contributed by atoms with Gasteiger partial charge in [-0.1, -0.05) is 23.7 Å². The van der Waals surface area contributed by atoms with Gasteiger partial charge in [0, 0.05) is 34.5 Å². The molecule has 112 valence electrons. The number of halogens is 2. The maximum atomic E-state index is 13.2. The van der Waals surface area contributed by atoms with Crippen LogP contribution in [0.25, 0.3) is 11.3 Å². The van der Waals surface area contributed by atoms with E-state index < -0.39 is 5.95 Å². The van der Waals surface area contributed by atoms with E-state index >= 15 is 0 Å². The summed E-state index contributed by atoms with van der Waals surface area (Å²) in [6.45, 7) is 2.24. The number of anilines is 1. The van der Waals surface area contributed by atoms with Gasteiger partial charge in [0.05, 0.1) is 17.6 Å². The molecule has 0 unspecified atom stereocenters. The van der Waals surface area contributed by atoms with Crippen LogP contribution in [0.4, 0.5) is 10.1 Å². The second kappa shape index (κ2) is 6.15. The highest BCUT2D eigenvalue weighted by molar-refractivity contribution is 6.30. The number of hydrogen-bond acceptors (Lipinski definition) is 3. The number of nitrogens with one attached hydrogen (secondary N) is 2. The van der Waals surface area contributed by atoms with Crippen LogP contribution in [0.1, 0.15) is 11.1 Å². The maximum Gasteiger partial charge on any atom is 0.215 e. The largest absolute Gasteiger partial charge is 0.380 e. The average Bonchev–Trinajstić information content (AvgIpc) is 2.98. The van der Waals surface area contributed by atoms with Gasteiger partial charge >= 0.3 is 0 Å².